The van der Waals surface area contributed by atoms with Gasteiger partial charge < -0.3 is 4.98 Å². The first-order valence-corrected chi connectivity index (χ1v) is 10.1. The Bertz CT molecular complexity index is 1250. The molecular formula is C21H17N3O3S. The predicted octanol–water partition coefficient (Wildman–Crippen LogP) is 3.46. The molecule has 1 amide bonds. The number of H-pyrrole nitrogens is 1. The van der Waals surface area contributed by atoms with Crippen molar-refractivity contribution in [2.24, 2.45) is 0 Å². The number of carbonyl (C=O) groups excluding carboxylic acids is 1. The fraction of sp³-hybridized carbons (Fsp3) is 0. The van der Waals surface area contributed by atoms with Crippen LogP contribution in [0.25, 0.3) is 22.0 Å². The van der Waals surface area contributed by atoms with Gasteiger partial charge in [0.15, 0.2) is 0 Å². The van der Waals surface area contributed by atoms with Crippen molar-refractivity contribution in [3.05, 3.63) is 90.6 Å². The summed E-state index contributed by atoms with van der Waals surface area (Å²) in [7, 11) is -3.97. The Morgan fingerprint density at radius 2 is 1.50 bits per heavy atom. The van der Waals surface area contributed by atoms with Gasteiger partial charge in [0.1, 0.15) is 0 Å². The van der Waals surface area contributed by atoms with E-state index in [0.717, 1.165) is 11.1 Å². The van der Waals surface area contributed by atoms with Crippen LogP contribution in [-0.4, -0.2) is 19.3 Å². The lowest BCUT2D eigenvalue weighted by atomic mass is 10.1. The molecule has 0 aliphatic heterocycles. The monoisotopic (exact) mass is 391 g/mol. The number of rotatable bonds is 5. The van der Waals surface area contributed by atoms with Gasteiger partial charge in [-0.25, -0.2) is 8.42 Å². The number of aromatic amines is 1. The third-order valence-electron chi connectivity index (χ3n) is 4.39. The molecular weight excluding hydrogens is 374 g/mol. The molecule has 0 aliphatic carbocycles. The van der Waals surface area contributed by atoms with E-state index in [1.165, 1.54) is 6.07 Å². The maximum absolute atomic E-state index is 12.8. The molecule has 0 fully saturated rings. The molecule has 3 aromatic carbocycles. The van der Waals surface area contributed by atoms with Gasteiger partial charge in [0.05, 0.1) is 10.5 Å². The van der Waals surface area contributed by atoms with Crippen molar-refractivity contribution in [2.75, 3.05) is 0 Å². The van der Waals surface area contributed by atoms with Crippen LogP contribution in [-0.2, 0) is 10.0 Å². The van der Waals surface area contributed by atoms with Gasteiger partial charge in [0.25, 0.3) is 15.9 Å². The maximum atomic E-state index is 12.8. The highest BCUT2D eigenvalue weighted by atomic mass is 32.2. The second kappa shape index (κ2) is 7.30. The van der Waals surface area contributed by atoms with Crippen molar-refractivity contribution in [2.45, 2.75) is 4.90 Å². The molecule has 4 rings (SSSR count). The molecule has 3 N–H and O–H groups in total. The van der Waals surface area contributed by atoms with Crippen LogP contribution < -0.4 is 10.3 Å². The fourth-order valence-electron chi connectivity index (χ4n) is 3.05. The molecule has 7 heteroatoms. The predicted molar refractivity (Wildman–Crippen MR) is 108 cm³/mol. The van der Waals surface area contributed by atoms with Crippen LogP contribution in [0, 0.1) is 0 Å². The molecule has 1 heterocycles. The van der Waals surface area contributed by atoms with Crippen molar-refractivity contribution in [1.29, 1.82) is 0 Å². The minimum Gasteiger partial charge on any atom is -0.360 e. The lowest BCUT2D eigenvalue weighted by Gasteiger charge is -2.12. The summed E-state index contributed by atoms with van der Waals surface area (Å²) in [5.74, 6) is -0.543. The quantitative estimate of drug-likeness (QED) is 0.455. The number of para-hydroxylation sites is 1. The van der Waals surface area contributed by atoms with Crippen LogP contribution in [0.4, 0.5) is 0 Å². The van der Waals surface area contributed by atoms with Crippen LogP contribution >= 0.6 is 0 Å². The van der Waals surface area contributed by atoms with Crippen molar-refractivity contribution < 1.29 is 13.2 Å². The molecule has 4 aromatic rings. The maximum Gasteiger partial charge on any atom is 0.268 e. The minimum atomic E-state index is -3.97. The van der Waals surface area contributed by atoms with E-state index < -0.39 is 15.9 Å². The molecule has 0 atom stereocenters. The Kier molecular flexibility index (Phi) is 4.68. The van der Waals surface area contributed by atoms with E-state index >= 15 is 0 Å². The largest absolute Gasteiger partial charge is 0.360 e. The van der Waals surface area contributed by atoms with Gasteiger partial charge in [-0.15, -0.1) is 4.83 Å². The Morgan fingerprint density at radius 1 is 0.821 bits per heavy atom. The van der Waals surface area contributed by atoms with Gasteiger partial charge in [-0.3, -0.25) is 10.2 Å². The molecule has 0 unspecified atom stereocenters. The van der Waals surface area contributed by atoms with E-state index in [1.54, 1.807) is 30.5 Å². The number of fused-ring (bicyclic) bond motifs is 1. The number of benzene rings is 3. The van der Waals surface area contributed by atoms with Gasteiger partial charge in [0, 0.05) is 22.7 Å². The number of hydrogen-bond donors (Lipinski definition) is 3. The summed E-state index contributed by atoms with van der Waals surface area (Å²) in [6, 6.07) is 23.1. The Balaban J connectivity index is 1.60. The molecule has 0 saturated heterocycles. The van der Waals surface area contributed by atoms with E-state index in [2.05, 4.69) is 15.2 Å². The molecule has 0 aliphatic rings. The van der Waals surface area contributed by atoms with Gasteiger partial charge >= 0.3 is 0 Å². The fourth-order valence-corrected chi connectivity index (χ4v) is 4.12. The standard InChI is InChI=1S/C21H17N3O3S/c25-21(18-14-22-19-12-6-4-11-17(18)19)23-24-28(26,27)20-13-7-5-10-16(20)15-8-2-1-3-9-15/h1-14,22,24H,(H,23,25). The average molecular weight is 391 g/mol. The number of nitrogens with one attached hydrogen (secondary N) is 3. The lowest BCUT2D eigenvalue weighted by Crippen LogP contribution is -2.41. The van der Waals surface area contributed by atoms with E-state index in [4.69, 9.17) is 0 Å². The summed E-state index contributed by atoms with van der Waals surface area (Å²) in [6.07, 6.45) is 1.55. The van der Waals surface area contributed by atoms with Crippen molar-refractivity contribution in [3.8, 4) is 11.1 Å². The second-order valence-electron chi connectivity index (χ2n) is 6.17. The first-order valence-electron chi connectivity index (χ1n) is 8.59. The smallest absolute Gasteiger partial charge is 0.268 e. The van der Waals surface area contributed by atoms with Crippen LogP contribution in [0.2, 0.25) is 0 Å². The normalized spacial score (nSPS) is 11.4. The minimum absolute atomic E-state index is 0.0837. The summed E-state index contributed by atoms with van der Waals surface area (Å²) < 4.78 is 25.7. The van der Waals surface area contributed by atoms with Gasteiger partial charge in [-0.05, 0) is 17.7 Å². The van der Waals surface area contributed by atoms with Crippen LogP contribution in [0.5, 0.6) is 0 Å². The zero-order valence-corrected chi connectivity index (χ0v) is 15.5. The Morgan fingerprint density at radius 3 is 2.32 bits per heavy atom. The highest BCUT2D eigenvalue weighted by molar-refractivity contribution is 7.89. The van der Waals surface area contributed by atoms with Gasteiger partial charge in [-0.1, -0.05) is 66.7 Å². The van der Waals surface area contributed by atoms with Crippen LogP contribution in [0.3, 0.4) is 0 Å². The first-order chi connectivity index (χ1) is 13.6. The Hall–Kier alpha value is -3.42. The number of aromatic nitrogens is 1. The highest BCUT2D eigenvalue weighted by Crippen LogP contribution is 2.26. The number of hydrazine groups is 1. The van der Waals surface area contributed by atoms with Gasteiger partial charge in [-0.2, -0.15) is 0 Å². The summed E-state index contributed by atoms with van der Waals surface area (Å²) in [4.78, 5) is 17.8. The number of hydrogen-bond acceptors (Lipinski definition) is 3. The number of sulfonamides is 1. The number of amides is 1. The SMILES string of the molecule is O=C(NNS(=O)(=O)c1ccccc1-c1ccccc1)c1c[nH]c2ccccc12. The third-order valence-corrected chi connectivity index (χ3v) is 5.70. The molecule has 0 spiro atoms. The zero-order chi connectivity index (χ0) is 19.6. The number of carbonyl (C=O) groups is 1. The molecule has 0 bridgehead atoms. The van der Waals surface area contributed by atoms with Crippen molar-refractivity contribution >= 4 is 26.8 Å². The van der Waals surface area contributed by atoms with Crippen LogP contribution in [0.1, 0.15) is 10.4 Å². The van der Waals surface area contributed by atoms with Crippen molar-refractivity contribution in [3.63, 3.8) is 0 Å². The van der Waals surface area contributed by atoms with Gasteiger partial charge in [0.2, 0.25) is 0 Å². The van der Waals surface area contributed by atoms with Crippen LogP contribution in [0.15, 0.2) is 90.0 Å². The highest BCUT2D eigenvalue weighted by Gasteiger charge is 2.21. The van der Waals surface area contributed by atoms with Crippen molar-refractivity contribution in [1.82, 2.24) is 15.2 Å². The average Bonchev–Trinajstić information content (AvgIpc) is 3.17. The Labute approximate surface area is 162 Å². The first kappa shape index (κ1) is 18.0. The second-order valence-corrected chi connectivity index (χ2v) is 7.82. The van der Waals surface area contributed by atoms with E-state index in [1.807, 2.05) is 48.5 Å². The molecule has 6 nitrogen and oxygen atoms in total. The molecule has 0 saturated carbocycles. The summed E-state index contributed by atoms with van der Waals surface area (Å²) in [5.41, 5.74) is 4.77. The van der Waals surface area contributed by atoms with E-state index in [0.29, 0.717) is 16.5 Å². The topological polar surface area (TPSA) is 91.1 Å². The summed E-state index contributed by atoms with van der Waals surface area (Å²) in [6.45, 7) is 0. The van der Waals surface area contributed by atoms with E-state index in [-0.39, 0.29) is 4.90 Å². The molecule has 140 valence electrons. The zero-order valence-electron chi connectivity index (χ0n) is 14.7. The molecule has 1 aromatic heterocycles. The molecule has 0 radical (unpaired) electrons. The molecule has 28 heavy (non-hydrogen) atoms. The lowest BCUT2D eigenvalue weighted by molar-refractivity contribution is 0.0947. The third kappa shape index (κ3) is 3.40. The van der Waals surface area contributed by atoms with E-state index in [9.17, 15) is 13.2 Å². The summed E-state index contributed by atoms with van der Waals surface area (Å²) in [5, 5.41) is 0.712. The summed E-state index contributed by atoms with van der Waals surface area (Å²) >= 11 is 0.